The molecule has 3 aromatic rings. The number of aliphatic hydroxyl groups excluding tert-OH is 1. The second kappa shape index (κ2) is 10.6. The molecule has 0 bridgehead atoms. The van der Waals surface area contributed by atoms with Crippen molar-refractivity contribution in [2.75, 3.05) is 32.1 Å². The number of amides is 1. The van der Waals surface area contributed by atoms with Crippen LogP contribution in [0.4, 0.5) is 14.5 Å². The Labute approximate surface area is 213 Å². The van der Waals surface area contributed by atoms with Crippen LogP contribution in [-0.2, 0) is 6.42 Å². The minimum atomic E-state index is -1.04. The number of halogens is 2. The van der Waals surface area contributed by atoms with E-state index in [2.05, 4.69) is 10.3 Å². The molecule has 3 heterocycles. The molecule has 1 amide bonds. The largest absolute Gasteiger partial charge is 0.494 e. The molecule has 0 atom stereocenters. The van der Waals surface area contributed by atoms with E-state index in [4.69, 9.17) is 9.84 Å². The van der Waals surface area contributed by atoms with Crippen molar-refractivity contribution in [2.45, 2.75) is 25.7 Å². The molecular formula is C28H28F2N4O3. The molecule has 0 unspecified atom stereocenters. The highest BCUT2D eigenvalue weighted by Gasteiger charge is 2.25. The van der Waals surface area contributed by atoms with Crippen molar-refractivity contribution >= 4 is 23.5 Å². The Morgan fingerprint density at radius 3 is 2.78 bits per heavy atom. The van der Waals surface area contributed by atoms with Crippen LogP contribution in [0.15, 0.2) is 48.7 Å². The molecule has 2 aromatic carbocycles. The molecule has 0 saturated carbocycles. The van der Waals surface area contributed by atoms with Gasteiger partial charge in [-0.1, -0.05) is 12.2 Å². The van der Waals surface area contributed by atoms with E-state index in [0.717, 1.165) is 36.2 Å². The molecule has 0 saturated heterocycles. The summed E-state index contributed by atoms with van der Waals surface area (Å²) in [6.45, 7) is 1.21. The fourth-order valence-electron chi connectivity index (χ4n) is 4.74. The third-order valence-corrected chi connectivity index (χ3v) is 6.66. The number of rotatable bonds is 7. The summed E-state index contributed by atoms with van der Waals surface area (Å²) in [7, 11) is 1.29. The molecule has 192 valence electrons. The van der Waals surface area contributed by atoms with Gasteiger partial charge in [0, 0.05) is 42.7 Å². The third kappa shape index (κ3) is 4.74. The van der Waals surface area contributed by atoms with E-state index in [0.29, 0.717) is 36.6 Å². The predicted molar refractivity (Wildman–Crippen MR) is 138 cm³/mol. The summed E-state index contributed by atoms with van der Waals surface area (Å²) >= 11 is 0. The Kier molecular flexibility index (Phi) is 7.05. The number of ether oxygens (including phenoxy) is 1. The van der Waals surface area contributed by atoms with Crippen molar-refractivity contribution in [1.82, 2.24) is 14.5 Å². The lowest BCUT2D eigenvalue weighted by atomic mass is 9.98. The first-order valence-electron chi connectivity index (χ1n) is 12.3. The highest BCUT2D eigenvalue weighted by Crippen LogP contribution is 2.33. The first kappa shape index (κ1) is 24.7. The number of nitrogens with zero attached hydrogens (tertiary/aromatic N) is 3. The molecule has 7 nitrogen and oxygen atoms in total. The van der Waals surface area contributed by atoms with Crippen molar-refractivity contribution in [3.8, 4) is 17.0 Å². The summed E-state index contributed by atoms with van der Waals surface area (Å²) < 4.78 is 36.0. The molecule has 0 radical (unpaired) electrons. The number of anilines is 1. The monoisotopic (exact) mass is 506 g/mol. The van der Waals surface area contributed by atoms with Crippen LogP contribution in [0.3, 0.4) is 0 Å². The Balaban J connectivity index is 1.45. The number of allylic oxidation sites excluding steroid dienone is 2. The Hall–Kier alpha value is -3.98. The first-order chi connectivity index (χ1) is 18.0. The summed E-state index contributed by atoms with van der Waals surface area (Å²) in [5, 5.41) is 12.5. The number of benzene rings is 2. The number of nitrogens with one attached hydrogen (secondary N) is 1. The molecule has 0 spiro atoms. The maximum Gasteiger partial charge on any atom is 0.254 e. The molecule has 1 aromatic heterocycles. The summed E-state index contributed by atoms with van der Waals surface area (Å²) in [5.74, 6) is -1.66. The van der Waals surface area contributed by atoms with E-state index in [-0.39, 0.29) is 23.8 Å². The normalized spacial score (nSPS) is 17.2. The van der Waals surface area contributed by atoms with E-state index in [1.54, 1.807) is 9.47 Å². The van der Waals surface area contributed by atoms with E-state index < -0.39 is 11.6 Å². The minimum absolute atomic E-state index is 0.0227. The minimum Gasteiger partial charge on any atom is -0.494 e. The molecule has 2 aliphatic heterocycles. The van der Waals surface area contributed by atoms with Crippen molar-refractivity contribution in [3.05, 3.63) is 77.3 Å². The number of carbonyl (C=O) groups excluding carboxylic acids is 1. The summed E-state index contributed by atoms with van der Waals surface area (Å²) in [6.07, 6.45) is 10.2. The van der Waals surface area contributed by atoms with Crippen LogP contribution in [-0.4, -0.2) is 52.3 Å². The van der Waals surface area contributed by atoms with Gasteiger partial charge in [0.05, 0.1) is 24.7 Å². The van der Waals surface area contributed by atoms with Gasteiger partial charge in [-0.25, -0.2) is 9.37 Å². The average molecular weight is 507 g/mol. The Morgan fingerprint density at radius 2 is 1.97 bits per heavy atom. The van der Waals surface area contributed by atoms with Gasteiger partial charge >= 0.3 is 0 Å². The van der Waals surface area contributed by atoms with Gasteiger partial charge in [0.1, 0.15) is 0 Å². The Morgan fingerprint density at radius 1 is 1.14 bits per heavy atom. The van der Waals surface area contributed by atoms with E-state index >= 15 is 0 Å². The SMILES string of the molecule is COc1ccc(-c2cnc3n2/C=C\CC/C=C\3Nc2ccc3c(c2)CCN(CCCO)C3=O)c(F)c1F. The lowest BCUT2D eigenvalue weighted by Crippen LogP contribution is -2.38. The fourth-order valence-corrected chi connectivity index (χ4v) is 4.74. The zero-order valence-electron chi connectivity index (χ0n) is 20.5. The predicted octanol–water partition coefficient (Wildman–Crippen LogP) is 4.94. The number of fused-ring (bicyclic) bond motifs is 2. The zero-order chi connectivity index (χ0) is 25.9. The number of imidazole rings is 1. The summed E-state index contributed by atoms with van der Waals surface area (Å²) in [6, 6.07) is 8.53. The lowest BCUT2D eigenvalue weighted by molar-refractivity contribution is 0.0729. The second-order valence-corrected chi connectivity index (χ2v) is 8.98. The molecule has 2 N–H and O–H groups in total. The van der Waals surface area contributed by atoms with Crippen molar-refractivity contribution in [3.63, 3.8) is 0 Å². The number of hydrogen-bond acceptors (Lipinski definition) is 5. The molecule has 0 fully saturated rings. The molecular weight excluding hydrogens is 478 g/mol. The average Bonchev–Trinajstić information content (AvgIpc) is 3.30. The number of hydrogen-bond donors (Lipinski definition) is 2. The molecule has 37 heavy (non-hydrogen) atoms. The topological polar surface area (TPSA) is 79.6 Å². The highest BCUT2D eigenvalue weighted by molar-refractivity contribution is 5.97. The zero-order valence-corrected chi connectivity index (χ0v) is 20.5. The van der Waals surface area contributed by atoms with Crippen LogP contribution in [0, 0.1) is 11.6 Å². The van der Waals surface area contributed by atoms with Crippen LogP contribution in [0.1, 0.15) is 41.0 Å². The molecule has 9 heteroatoms. The third-order valence-electron chi connectivity index (χ3n) is 6.66. The first-order valence-corrected chi connectivity index (χ1v) is 12.3. The van der Waals surface area contributed by atoms with Crippen LogP contribution in [0.2, 0.25) is 0 Å². The molecule has 2 aliphatic rings. The van der Waals surface area contributed by atoms with Crippen molar-refractivity contribution in [2.24, 2.45) is 0 Å². The number of aromatic nitrogens is 2. The Bertz CT molecular complexity index is 1400. The fraction of sp³-hybridized carbons (Fsp3) is 0.286. The maximum absolute atomic E-state index is 14.9. The van der Waals surface area contributed by atoms with Crippen molar-refractivity contribution < 1.29 is 23.4 Å². The van der Waals surface area contributed by atoms with Gasteiger partial charge in [0.2, 0.25) is 5.82 Å². The lowest BCUT2D eigenvalue weighted by Gasteiger charge is -2.29. The van der Waals surface area contributed by atoms with Crippen molar-refractivity contribution in [1.29, 1.82) is 0 Å². The van der Waals surface area contributed by atoms with Crippen LogP contribution >= 0.6 is 0 Å². The molecule has 0 aliphatic carbocycles. The summed E-state index contributed by atoms with van der Waals surface area (Å²) in [5.41, 5.74) is 3.67. The van der Waals surface area contributed by atoms with Crippen LogP contribution in [0.5, 0.6) is 5.75 Å². The van der Waals surface area contributed by atoms with Gasteiger partial charge in [-0.3, -0.25) is 9.36 Å². The quantitative estimate of drug-likeness (QED) is 0.475. The number of methoxy groups -OCH3 is 1. The van der Waals surface area contributed by atoms with Crippen LogP contribution < -0.4 is 10.1 Å². The number of aliphatic hydroxyl groups is 1. The highest BCUT2D eigenvalue weighted by atomic mass is 19.2. The van der Waals surface area contributed by atoms with Gasteiger partial charge in [-0.05, 0) is 61.6 Å². The maximum atomic E-state index is 14.9. The van der Waals surface area contributed by atoms with Crippen LogP contribution in [0.25, 0.3) is 23.2 Å². The van der Waals surface area contributed by atoms with E-state index in [9.17, 15) is 13.6 Å². The van der Waals surface area contributed by atoms with Gasteiger partial charge in [-0.15, -0.1) is 0 Å². The molecule has 5 rings (SSSR count). The van der Waals surface area contributed by atoms with Gasteiger partial charge < -0.3 is 20.1 Å². The van der Waals surface area contributed by atoms with Gasteiger partial charge in [0.15, 0.2) is 17.4 Å². The van der Waals surface area contributed by atoms with E-state index in [1.165, 1.54) is 25.4 Å². The van der Waals surface area contributed by atoms with E-state index in [1.807, 2.05) is 36.6 Å². The number of carbonyl (C=O) groups is 1. The van der Waals surface area contributed by atoms with Gasteiger partial charge in [-0.2, -0.15) is 4.39 Å². The standard InChI is InChI=1S/C28H28F2N4O3/c1-37-24-10-9-21(25(29)26(24)30)23-17-31-27-22(6-3-2-4-13-34(23)27)32-19-7-8-20-18(16-19)11-14-33(28(20)36)12-5-15-35/h4,6-10,13,16-17,32,35H,2-3,5,11-12,14-15H2,1H3/b13-4-,22-6+. The summed E-state index contributed by atoms with van der Waals surface area (Å²) in [4.78, 5) is 19.1. The van der Waals surface area contributed by atoms with Gasteiger partial charge in [0.25, 0.3) is 5.91 Å². The second-order valence-electron chi connectivity index (χ2n) is 8.98. The smallest absolute Gasteiger partial charge is 0.254 e.